The molecular weight excluding hydrogens is 256 g/mol. The molecule has 0 saturated carbocycles. The van der Waals surface area contributed by atoms with Gasteiger partial charge in [0.15, 0.2) is 11.8 Å². The van der Waals surface area contributed by atoms with E-state index in [0.29, 0.717) is 0 Å². The quantitative estimate of drug-likeness (QED) is 0.398. The topological polar surface area (TPSA) is 146 Å². The van der Waals surface area contributed by atoms with Crippen molar-refractivity contribution in [3.63, 3.8) is 0 Å². The number of aliphatic hydroxyl groups excluding tert-OH is 2. The van der Waals surface area contributed by atoms with E-state index in [1.54, 1.807) is 0 Å². The second kappa shape index (κ2) is 6.00. The van der Waals surface area contributed by atoms with Crippen LogP contribution in [0.5, 0.6) is 0 Å². The fraction of sp³-hybridized carbons (Fsp3) is 0.636. The van der Waals surface area contributed by atoms with Gasteiger partial charge in [0.2, 0.25) is 0 Å². The largest absolute Gasteiger partial charge is 0.493 e. The fourth-order valence-corrected chi connectivity index (χ4v) is 1.90. The molecule has 0 amide bonds. The number of carboxylic acid groups (broad SMARTS) is 1. The number of aliphatic imine (C=N–C) groups is 1. The Morgan fingerprint density at radius 2 is 2.16 bits per heavy atom. The Balaban J connectivity index is 3.18. The maximum Gasteiger partial charge on any atom is 0.330 e. The van der Waals surface area contributed by atoms with Crippen molar-refractivity contribution in [2.45, 2.75) is 24.5 Å². The van der Waals surface area contributed by atoms with Crippen LogP contribution in [-0.4, -0.2) is 64.1 Å². The van der Waals surface area contributed by atoms with Crippen LogP contribution < -0.4 is 5.73 Å². The predicted molar refractivity (Wildman–Crippen MR) is 65.4 cm³/mol. The molecule has 0 radical (unpaired) electrons. The second-order valence-corrected chi connectivity index (χ2v) is 4.41. The van der Waals surface area contributed by atoms with Crippen molar-refractivity contribution in [1.82, 2.24) is 0 Å². The predicted octanol–water partition coefficient (Wildman–Crippen LogP) is -1.79. The molecule has 0 heterocycles. The van der Waals surface area contributed by atoms with Crippen LogP contribution in [0.15, 0.2) is 16.4 Å². The minimum Gasteiger partial charge on any atom is -0.493 e. The van der Waals surface area contributed by atoms with Gasteiger partial charge < -0.3 is 30.9 Å². The zero-order valence-electron chi connectivity index (χ0n) is 10.5. The molecule has 1 rings (SSSR count). The number of aliphatic carboxylic acids is 1. The first-order valence-electron chi connectivity index (χ1n) is 5.63. The van der Waals surface area contributed by atoms with Gasteiger partial charge in [0.05, 0.1) is 37.3 Å². The van der Waals surface area contributed by atoms with Gasteiger partial charge in [-0.1, -0.05) is 0 Å². The highest BCUT2D eigenvalue weighted by atomic mass is 16.5. The molecule has 0 aromatic rings. The lowest BCUT2D eigenvalue weighted by molar-refractivity contribution is -0.139. The summed E-state index contributed by atoms with van der Waals surface area (Å²) in [6.07, 6.45) is -0.0975. The summed E-state index contributed by atoms with van der Waals surface area (Å²) >= 11 is 0. The van der Waals surface area contributed by atoms with Gasteiger partial charge in [0.25, 0.3) is 0 Å². The number of hydrogen-bond donors (Lipinski definition) is 5. The van der Waals surface area contributed by atoms with Crippen LogP contribution in [-0.2, 0) is 9.53 Å². The molecule has 2 atom stereocenters. The first kappa shape index (κ1) is 15.4. The van der Waals surface area contributed by atoms with Crippen molar-refractivity contribution in [3.8, 4) is 0 Å². The van der Waals surface area contributed by atoms with Crippen LogP contribution in [0.3, 0.4) is 0 Å². The first-order valence-corrected chi connectivity index (χ1v) is 5.63. The molecule has 1 aliphatic rings. The zero-order chi connectivity index (χ0) is 14.6. The Hall–Kier alpha value is -1.64. The van der Waals surface area contributed by atoms with Crippen molar-refractivity contribution < 1.29 is 30.0 Å². The highest BCUT2D eigenvalue weighted by molar-refractivity contribution is 6.01. The van der Waals surface area contributed by atoms with Crippen LogP contribution in [0.25, 0.3) is 0 Å². The lowest BCUT2D eigenvalue weighted by atomic mass is 9.85. The van der Waals surface area contributed by atoms with E-state index < -0.39 is 30.8 Å². The number of ether oxygens (including phenoxy) is 1. The van der Waals surface area contributed by atoms with Crippen molar-refractivity contribution in [2.75, 3.05) is 20.3 Å². The third-order valence-electron chi connectivity index (χ3n) is 2.84. The summed E-state index contributed by atoms with van der Waals surface area (Å²) in [5.74, 6) is -1.13. The summed E-state index contributed by atoms with van der Waals surface area (Å²) in [7, 11) is 1.34. The number of aliphatic hydroxyl groups is 3. The van der Waals surface area contributed by atoms with Crippen LogP contribution in [0.1, 0.15) is 12.8 Å². The van der Waals surface area contributed by atoms with Gasteiger partial charge in [-0.15, -0.1) is 0 Å². The number of carboxylic acids is 1. The molecule has 0 aliphatic heterocycles. The third-order valence-corrected chi connectivity index (χ3v) is 2.84. The fourth-order valence-electron chi connectivity index (χ4n) is 1.90. The highest BCUT2D eigenvalue weighted by Gasteiger charge is 2.37. The van der Waals surface area contributed by atoms with Crippen LogP contribution in [0, 0.1) is 0 Å². The van der Waals surface area contributed by atoms with Gasteiger partial charge in [-0.05, 0) is 0 Å². The Morgan fingerprint density at radius 1 is 1.53 bits per heavy atom. The van der Waals surface area contributed by atoms with Crippen LogP contribution >= 0.6 is 0 Å². The third kappa shape index (κ3) is 3.43. The van der Waals surface area contributed by atoms with Crippen LogP contribution in [0.4, 0.5) is 0 Å². The highest BCUT2D eigenvalue weighted by Crippen LogP contribution is 2.29. The number of hydrogen-bond acceptors (Lipinski definition) is 7. The first-order chi connectivity index (χ1) is 8.86. The average Bonchev–Trinajstić information content (AvgIpc) is 2.35. The molecule has 0 bridgehead atoms. The summed E-state index contributed by atoms with van der Waals surface area (Å²) in [5, 5.41) is 37.0. The minimum atomic E-state index is -1.50. The van der Waals surface area contributed by atoms with Crippen molar-refractivity contribution in [1.29, 1.82) is 0 Å². The van der Waals surface area contributed by atoms with E-state index in [4.69, 9.17) is 25.8 Å². The lowest BCUT2D eigenvalue weighted by Crippen LogP contribution is -2.43. The number of methoxy groups -OCH3 is 1. The molecule has 1 unspecified atom stereocenters. The Labute approximate surface area is 109 Å². The Bertz CT molecular complexity index is 419. The van der Waals surface area contributed by atoms with E-state index >= 15 is 0 Å². The molecule has 8 nitrogen and oxygen atoms in total. The standard InChI is InChI=1S/C11H18N2O6/c1-19-9-6(12)2-11(18,5-15)3-7(9)13-8(4-14)10(16)17/h8,14-15,18H,2-5,12H2,1H3,(H,16,17)/t8-,11?/m0/s1. The van der Waals surface area contributed by atoms with E-state index in [1.165, 1.54) is 7.11 Å². The summed E-state index contributed by atoms with van der Waals surface area (Å²) in [5.41, 5.74) is 4.51. The number of nitrogens with two attached hydrogens (primary N) is 1. The number of rotatable bonds is 5. The Kier molecular flexibility index (Phi) is 4.87. The van der Waals surface area contributed by atoms with E-state index in [2.05, 4.69) is 4.99 Å². The summed E-state index contributed by atoms with van der Waals surface area (Å²) in [6.45, 7) is -1.23. The van der Waals surface area contributed by atoms with Crippen LogP contribution in [0.2, 0.25) is 0 Å². The molecule has 0 spiro atoms. The molecule has 19 heavy (non-hydrogen) atoms. The number of nitrogens with zero attached hydrogens (tertiary/aromatic N) is 1. The molecule has 0 fully saturated rings. The molecule has 0 aromatic heterocycles. The number of carbonyl (C=O) groups is 1. The van der Waals surface area contributed by atoms with Gasteiger partial charge in [0.1, 0.15) is 0 Å². The lowest BCUT2D eigenvalue weighted by Gasteiger charge is -2.32. The average molecular weight is 274 g/mol. The molecule has 108 valence electrons. The molecule has 1 aliphatic carbocycles. The monoisotopic (exact) mass is 274 g/mol. The van der Waals surface area contributed by atoms with Gasteiger partial charge in [0, 0.05) is 12.8 Å². The second-order valence-electron chi connectivity index (χ2n) is 4.41. The van der Waals surface area contributed by atoms with Crippen molar-refractivity contribution >= 4 is 11.7 Å². The van der Waals surface area contributed by atoms with Gasteiger partial charge in [-0.3, -0.25) is 4.99 Å². The number of allylic oxidation sites excluding steroid dienone is 1. The van der Waals surface area contributed by atoms with Crippen molar-refractivity contribution in [2.24, 2.45) is 10.7 Å². The summed E-state index contributed by atoms with van der Waals surface area (Å²) in [4.78, 5) is 14.7. The van der Waals surface area contributed by atoms with Gasteiger partial charge in [-0.25, -0.2) is 4.79 Å². The van der Waals surface area contributed by atoms with Gasteiger partial charge >= 0.3 is 5.97 Å². The van der Waals surface area contributed by atoms with E-state index in [-0.39, 0.29) is 30.0 Å². The van der Waals surface area contributed by atoms with Crippen molar-refractivity contribution in [3.05, 3.63) is 11.5 Å². The SMILES string of the molecule is COC1=C(N)CC(O)(CO)CC1=N[C@@H](CO)C(=O)O. The van der Waals surface area contributed by atoms with E-state index in [9.17, 15) is 9.90 Å². The maximum atomic E-state index is 10.8. The molecule has 6 N–H and O–H groups in total. The van der Waals surface area contributed by atoms with Gasteiger partial charge in [-0.2, -0.15) is 0 Å². The van der Waals surface area contributed by atoms with E-state index in [1.807, 2.05) is 0 Å². The maximum absolute atomic E-state index is 10.8. The van der Waals surface area contributed by atoms with E-state index in [0.717, 1.165) is 0 Å². The normalized spacial score (nSPS) is 27.5. The summed E-state index contributed by atoms with van der Waals surface area (Å²) < 4.78 is 5.04. The molecule has 8 heteroatoms. The minimum absolute atomic E-state index is 0.00254. The molecule has 0 saturated heterocycles. The summed E-state index contributed by atoms with van der Waals surface area (Å²) in [6, 6.07) is -1.37. The Morgan fingerprint density at radius 3 is 2.58 bits per heavy atom. The molecule has 0 aromatic carbocycles. The zero-order valence-corrected chi connectivity index (χ0v) is 10.5. The smallest absolute Gasteiger partial charge is 0.330 e. The molecular formula is C11H18N2O6.